The fourth-order valence-corrected chi connectivity index (χ4v) is 2.02. The second-order valence-electron chi connectivity index (χ2n) is 4.76. The highest BCUT2D eigenvalue weighted by Crippen LogP contribution is 2.14. The number of nitrogens with two attached hydrogens (primary N) is 1. The fourth-order valence-electron chi connectivity index (χ4n) is 2.02. The van der Waals surface area contributed by atoms with E-state index in [9.17, 15) is 0 Å². The van der Waals surface area contributed by atoms with Gasteiger partial charge in [-0.2, -0.15) is 0 Å². The number of benzene rings is 1. The SMILES string of the molecule is CCC(C)N(CCOC)CC(N)c1ccccc1. The van der Waals surface area contributed by atoms with Crippen molar-refractivity contribution in [1.29, 1.82) is 0 Å². The van der Waals surface area contributed by atoms with E-state index in [0.717, 1.165) is 26.1 Å². The normalized spacial score (nSPS) is 14.7. The Labute approximate surface area is 111 Å². The van der Waals surface area contributed by atoms with Gasteiger partial charge >= 0.3 is 0 Å². The van der Waals surface area contributed by atoms with Crippen molar-refractivity contribution in [2.24, 2.45) is 5.73 Å². The molecule has 1 aromatic carbocycles. The monoisotopic (exact) mass is 250 g/mol. The first-order valence-electron chi connectivity index (χ1n) is 6.72. The molecule has 3 heteroatoms. The molecule has 0 aliphatic carbocycles. The van der Waals surface area contributed by atoms with Crippen LogP contribution in [0.1, 0.15) is 31.9 Å². The van der Waals surface area contributed by atoms with Crippen molar-refractivity contribution in [3.8, 4) is 0 Å². The fraction of sp³-hybridized carbons (Fsp3) is 0.600. The number of methoxy groups -OCH3 is 1. The lowest BCUT2D eigenvalue weighted by Crippen LogP contribution is -2.40. The van der Waals surface area contributed by atoms with Crippen molar-refractivity contribution in [2.75, 3.05) is 26.8 Å². The highest BCUT2D eigenvalue weighted by molar-refractivity contribution is 5.18. The van der Waals surface area contributed by atoms with Crippen molar-refractivity contribution in [3.05, 3.63) is 35.9 Å². The van der Waals surface area contributed by atoms with Gasteiger partial charge in [0.25, 0.3) is 0 Å². The molecule has 0 aliphatic rings. The molecule has 102 valence electrons. The van der Waals surface area contributed by atoms with Crippen molar-refractivity contribution in [2.45, 2.75) is 32.4 Å². The Morgan fingerprint density at radius 3 is 2.50 bits per heavy atom. The van der Waals surface area contributed by atoms with Gasteiger partial charge in [0.05, 0.1) is 6.61 Å². The van der Waals surface area contributed by atoms with E-state index in [1.54, 1.807) is 7.11 Å². The minimum atomic E-state index is 0.0667. The van der Waals surface area contributed by atoms with E-state index in [0.29, 0.717) is 6.04 Å². The van der Waals surface area contributed by atoms with Crippen molar-refractivity contribution in [1.82, 2.24) is 4.90 Å². The van der Waals surface area contributed by atoms with Crippen LogP contribution in [0.25, 0.3) is 0 Å². The van der Waals surface area contributed by atoms with Gasteiger partial charge in [-0.3, -0.25) is 4.90 Å². The van der Waals surface area contributed by atoms with Gasteiger partial charge in [0.15, 0.2) is 0 Å². The molecule has 2 atom stereocenters. The van der Waals surface area contributed by atoms with E-state index in [-0.39, 0.29) is 6.04 Å². The molecule has 0 aromatic heterocycles. The van der Waals surface area contributed by atoms with Crippen molar-refractivity contribution >= 4 is 0 Å². The van der Waals surface area contributed by atoms with Crippen molar-refractivity contribution in [3.63, 3.8) is 0 Å². The Balaban J connectivity index is 2.59. The van der Waals surface area contributed by atoms with Crippen LogP contribution in [0.2, 0.25) is 0 Å². The maximum absolute atomic E-state index is 6.28. The Morgan fingerprint density at radius 1 is 1.28 bits per heavy atom. The first-order valence-corrected chi connectivity index (χ1v) is 6.72. The third-order valence-electron chi connectivity index (χ3n) is 3.46. The van der Waals surface area contributed by atoms with Gasteiger partial charge in [-0.15, -0.1) is 0 Å². The molecular weight excluding hydrogens is 224 g/mol. The molecule has 3 nitrogen and oxygen atoms in total. The molecule has 0 aliphatic heterocycles. The summed E-state index contributed by atoms with van der Waals surface area (Å²) < 4.78 is 5.17. The lowest BCUT2D eigenvalue weighted by molar-refractivity contribution is 0.118. The zero-order valence-electron chi connectivity index (χ0n) is 11.8. The molecule has 2 unspecified atom stereocenters. The second kappa shape index (κ2) is 8.25. The number of hydrogen-bond donors (Lipinski definition) is 1. The van der Waals surface area contributed by atoms with Crippen molar-refractivity contribution < 1.29 is 4.74 Å². The topological polar surface area (TPSA) is 38.5 Å². The van der Waals surface area contributed by atoms with Crippen LogP contribution in [0.4, 0.5) is 0 Å². The molecule has 0 saturated heterocycles. The predicted molar refractivity (Wildman–Crippen MR) is 76.6 cm³/mol. The maximum atomic E-state index is 6.28. The molecule has 1 rings (SSSR count). The molecule has 1 aromatic rings. The van der Waals surface area contributed by atoms with Gasteiger partial charge < -0.3 is 10.5 Å². The highest BCUT2D eigenvalue weighted by Gasteiger charge is 2.16. The molecule has 0 radical (unpaired) electrons. The number of rotatable bonds is 8. The lowest BCUT2D eigenvalue weighted by Gasteiger charge is -2.30. The largest absolute Gasteiger partial charge is 0.383 e. The summed E-state index contributed by atoms with van der Waals surface area (Å²) in [4.78, 5) is 2.40. The Bertz CT molecular complexity index is 316. The third-order valence-corrected chi connectivity index (χ3v) is 3.46. The Kier molecular flexibility index (Phi) is 6.94. The second-order valence-corrected chi connectivity index (χ2v) is 4.76. The van der Waals surface area contributed by atoms with E-state index in [2.05, 4.69) is 30.9 Å². The number of nitrogens with zero attached hydrogens (tertiary/aromatic N) is 1. The van der Waals surface area contributed by atoms with Crippen LogP contribution in [-0.2, 0) is 4.74 Å². The average molecular weight is 250 g/mol. The molecule has 2 N–H and O–H groups in total. The van der Waals surface area contributed by atoms with Gasteiger partial charge in [-0.25, -0.2) is 0 Å². The molecule has 0 heterocycles. The van der Waals surface area contributed by atoms with Crippen LogP contribution in [0.5, 0.6) is 0 Å². The molecule has 0 saturated carbocycles. The van der Waals surface area contributed by atoms with Gasteiger partial charge in [0.2, 0.25) is 0 Å². The van der Waals surface area contributed by atoms with Gasteiger partial charge in [-0.05, 0) is 18.9 Å². The smallest absolute Gasteiger partial charge is 0.0589 e. The van der Waals surface area contributed by atoms with E-state index in [1.165, 1.54) is 5.56 Å². The standard InChI is InChI=1S/C15H26N2O/c1-4-13(2)17(10-11-18-3)12-15(16)14-8-6-5-7-9-14/h5-9,13,15H,4,10-12,16H2,1-3H3. The van der Waals surface area contributed by atoms with Crippen LogP contribution >= 0.6 is 0 Å². The van der Waals surface area contributed by atoms with Crippen LogP contribution in [0.15, 0.2) is 30.3 Å². The quantitative estimate of drug-likeness (QED) is 0.770. The molecule has 0 amide bonds. The first kappa shape index (κ1) is 15.2. The first-order chi connectivity index (χ1) is 8.69. The summed E-state index contributed by atoms with van der Waals surface area (Å²) in [6.07, 6.45) is 1.13. The molecular formula is C15H26N2O. The van der Waals surface area contributed by atoms with Gasteiger partial charge in [-0.1, -0.05) is 37.3 Å². The maximum Gasteiger partial charge on any atom is 0.0589 e. The summed E-state index contributed by atoms with van der Waals surface area (Å²) in [5, 5.41) is 0. The van der Waals surface area contributed by atoms with Crippen LogP contribution in [0.3, 0.4) is 0 Å². The lowest BCUT2D eigenvalue weighted by atomic mass is 10.1. The minimum Gasteiger partial charge on any atom is -0.383 e. The van der Waals surface area contributed by atoms with E-state index >= 15 is 0 Å². The van der Waals surface area contributed by atoms with Crippen LogP contribution < -0.4 is 5.73 Å². The number of hydrogen-bond acceptors (Lipinski definition) is 3. The van der Waals surface area contributed by atoms with Gasteiger partial charge in [0.1, 0.15) is 0 Å². The summed E-state index contributed by atoms with van der Waals surface area (Å²) >= 11 is 0. The zero-order chi connectivity index (χ0) is 13.4. The summed E-state index contributed by atoms with van der Waals surface area (Å²) in [6.45, 7) is 7.02. The zero-order valence-corrected chi connectivity index (χ0v) is 11.8. The summed E-state index contributed by atoms with van der Waals surface area (Å²) in [5.41, 5.74) is 7.48. The molecule has 0 spiro atoms. The third kappa shape index (κ3) is 4.77. The average Bonchev–Trinajstić information content (AvgIpc) is 2.43. The van der Waals surface area contributed by atoms with Crippen LogP contribution in [-0.4, -0.2) is 37.7 Å². The molecule has 18 heavy (non-hydrogen) atoms. The summed E-state index contributed by atoms with van der Waals surface area (Å²) in [7, 11) is 1.74. The highest BCUT2D eigenvalue weighted by atomic mass is 16.5. The summed E-state index contributed by atoms with van der Waals surface area (Å²) in [5.74, 6) is 0. The van der Waals surface area contributed by atoms with E-state index in [1.807, 2.05) is 18.2 Å². The summed E-state index contributed by atoms with van der Waals surface area (Å²) in [6, 6.07) is 10.9. The number of ether oxygens (including phenoxy) is 1. The van der Waals surface area contributed by atoms with Gasteiger partial charge in [0, 0.05) is 32.3 Å². The molecule has 0 bridgehead atoms. The Morgan fingerprint density at radius 2 is 1.94 bits per heavy atom. The Hall–Kier alpha value is -0.900. The van der Waals surface area contributed by atoms with Crippen LogP contribution in [0, 0.1) is 0 Å². The van der Waals surface area contributed by atoms with E-state index in [4.69, 9.17) is 10.5 Å². The predicted octanol–water partition coefficient (Wildman–Crippen LogP) is 2.43. The van der Waals surface area contributed by atoms with E-state index < -0.39 is 0 Å². The molecule has 0 fully saturated rings. The minimum absolute atomic E-state index is 0.0667.